The van der Waals surface area contributed by atoms with Crippen LogP contribution in [0, 0.1) is 0 Å². The normalized spacial score (nSPS) is 18.0. The fourth-order valence-electron chi connectivity index (χ4n) is 2.89. The molecule has 3 rings (SSSR count). The van der Waals surface area contributed by atoms with E-state index in [4.69, 9.17) is 0 Å². The molecule has 8 heteroatoms. The smallest absolute Gasteiger partial charge is 0.283 e. The number of rotatable bonds is 2. The number of para-hydroxylation sites is 2. The van der Waals surface area contributed by atoms with Crippen LogP contribution in [0.5, 0.6) is 0 Å². The van der Waals surface area contributed by atoms with E-state index < -0.39 is 10.0 Å². The lowest BCUT2D eigenvalue weighted by Crippen LogP contribution is -2.51. The summed E-state index contributed by atoms with van der Waals surface area (Å²) in [6.07, 6.45) is 1.59. The number of aromatic nitrogens is 2. The number of carbonyl (C=O) groups is 1. The summed E-state index contributed by atoms with van der Waals surface area (Å²) in [4.78, 5) is 13.6. The van der Waals surface area contributed by atoms with E-state index in [9.17, 15) is 13.2 Å². The molecule has 0 unspecified atom stereocenters. The van der Waals surface area contributed by atoms with Gasteiger partial charge in [-0.3, -0.25) is 13.8 Å². The molecule has 1 atom stereocenters. The van der Waals surface area contributed by atoms with Crippen LogP contribution in [0.25, 0.3) is 0 Å². The number of fused-ring (bicyclic) bond motifs is 1. The lowest BCUT2D eigenvalue weighted by Gasteiger charge is -2.40. The number of amides is 1. The lowest BCUT2D eigenvalue weighted by molar-refractivity contribution is -0.117. The van der Waals surface area contributed by atoms with E-state index in [0.29, 0.717) is 11.4 Å². The van der Waals surface area contributed by atoms with Gasteiger partial charge in [0.1, 0.15) is 0 Å². The van der Waals surface area contributed by atoms with Crippen molar-refractivity contribution >= 4 is 27.3 Å². The standard InChI is InChI=1S/C15H18N4O3S/c1-11-10-18(23(21,22)15-8-9-17(3)16-15)13-6-4-5-7-14(13)19(11)12(2)20/h4-9,11H,10H2,1-3H3/t11-/m0/s1. The average molecular weight is 334 g/mol. The first kappa shape index (κ1) is 15.5. The van der Waals surface area contributed by atoms with Crippen molar-refractivity contribution in [2.45, 2.75) is 24.9 Å². The molecule has 0 saturated carbocycles. The quantitative estimate of drug-likeness (QED) is 0.831. The molecular formula is C15H18N4O3S. The van der Waals surface area contributed by atoms with Crippen LogP contribution in [-0.2, 0) is 21.9 Å². The van der Waals surface area contributed by atoms with Gasteiger partial charge in [0.15, 0.2) is 5.03 Å². The molecule has 0 bridgehead atoms. The Bertz CT molecular complexity index is 859. The Hall–Kier alpha value is -2.35. The predicted octanol–water partition coefficient (Wildman–Crippen LogP) is 1.37. The lowest BCUT2D eigenvalue weighted by atomic mass is 10.1. The molecule has 1 aromatic carbocycles. The highest BCUT2D eigenvalue weighted by atomic mass is 32.2. The van der Waals surface area contributed by atoms with E-state index in [1.54, 1.807) is 42.4 Å². The number of anilines is 2. The second kappa shape index (κ2) is 5.38. The van der Waals surface area contributed by atoms with Crippen molar-refractivity contribution in [3.63, 3.8) is 0 Å². The van der Waals surface area contributed by atoms with Gasteiger partial charge in [-0.25, -0.2) is 0 Å². The van der Waals surface area contributed by atoms with Gasteiger partial charge in [0.25, 0.3) is 10.0 Å². The third kappa shape index (κ3) is 2.48. The molecule has 0 spiro atoms. The number of nitrogens with zero attached hydrogens (tertiary/aromatic N) is 4. The summed E-state index contributed by atoms with van der Waals surface area (Å²) in [5.74, 6) is -0.111. The highest BCUT2D eigenvalue weighted by Gasteiger charge is 2.37. The van der Waals surface area contributed by atoms with E-state index in [1.165, 1.54) is 22.0 Å². The van der Waals surface area contributed by atoms with Gasteiger partial charge >= 0.3 is 0 Å². The molecule has 7 nitrogen and oxygen atoms in total. The highest BCUT2D eigenvalue weighted by Crippen LogP contribution is 2.38. The largest absolute Gasteiger partial charge is 0.306 e. The number of aryl methyl sites for hydroxylation is 1. The van der Waals surface area contributed by atoms with Crippen LogP contribution in [0.4, 0.5) is 11.4 Å². The number of hydrogen-bond donors (Lipinski definition) is 0. The van der Waals surface area contributed by atoms with Gasteiger partial charge in [-0.05, 0) is 25.1 Å². The number of benzene rings is 1. The monoisotopic (exact) mass is 334 g/mol. The fraction of sp³-hybridized carbons (Fsp3) is 0.333. The van der Waals surface area contributed by atoms with Gasteiger partial charge in [-0.2, -0.15) is 13.5 Å². The molecule has 1 amide bonds. The number of hydrogen-bond acceptors (Lipinski definition) is 4. The first-order valence-corrected chi connectivity index (χ1v) is 8.67. The maximum Gasteiger partial charge on any atom is 0.283 e. The molecule has 0 N–H and O–H groups in total. The molecule has 122 valence electrons. The van der Waals surface area contributed by atoms with E-state index >= 15 is 0 Å². The van der Waals surface area contributed by atoms with Gasteiger partial charge in [-0.1, -0.05) is 12.1 Å². The second-order valence-corrected chi connectivity index (χ2v) is 7.40. The van der Waals surface area contributed by atoms with Crippen molar-refractivity contribution < 1.29 is 13.2 Å². The van der Waals surface area contributed by atoms with E-state index in [-0.39, 0.29) is 23.5 Å². The third-order valence-corrected chi connectivity index (χ3v) is 5.54. The topological polar surface area (TPSA) is 75.5 Å². The highest BCUT2D eigenvalue weighted by molar-refractivity contribution is 7.92. The molecular weight excluding hydrogens is 316 g/mol. The Kier molecular flexibility index (Phi) is 3.63. The number of sulfonamides is 1. The first-order chi connectivity index (χ1) is 10.8. The molecule has 23 heavy (non-hydrogen) atoms. The Morgan fingerprint density at radius 3 is 2.43 bits per heavy atom. The zero-order valence-electron chi connectivity index (χ0n) is 13.2. The van der Waals surface area contributed by atoms with E-state index in [0.717, 1.165) is 0 Å². The summed E-state index contributed by atoms with van der Waals surface area (Å²) < 4.78 is 28.6. The van der Waals surface area contributed by atoms with Crippen molar-refractivity contribution in [1.29, 1.82) is 0 Å². The molecule has 0 saturated heterocycles. The Labute approximate surface area is 135 Å². The van der Waals surface area contributed by atoms with Crippen LogP contribution in [0.2, 0.25) is 0 Å². The maximum atomic E-state index is 12.9. The van der Waals surface area contributed by atoms with Gasteiger partial charge < -0.3 is 4.90 Å². The van der Waals surface area contributed by atoms with Crippen LogP contribution in [0.1, 0.15) is 13.8 Å². The van der Waals surface area contributed by atoms with Crippen LogP contribution < -0.4 is 9.21 Å². The van der Waals surface area contributed by atoms with Crippen molar-refractivity contribution in [3.05, 3.63) is 36.5 Å². The zero-order valence-corrected chi connectivity index (χ0v) is 14.0. The summed E-state index contributed by atoms with van der Waals surface area (Å²) in [5, 5.41) is 4.01. The van der Waals surface area contributed by atoms with Crippen molar-refractivity contribution in [3.8, 4) is 0 Å². The van der Waals surface area contributed by atoms with E-state index in [1.807, 2.05) is 6.92 Å². The van der Waals surface area contributed by atoms with Gasteiger partial charge in [0, 0.05) is 20.2 Å². The molecule has 1 aliphatic rings. The summed E-state index contributed by atoms with van der Waals surface area (Å²) in [7, 11) is -2.10. The average Bonchev–Trinajstić information content (AvgIpc) is 2.93. The van der Waals surface area contributed by atoms with Gasteiger partial charge in [0.2, 0.25) is 5.91 Å². The molecule has 2 aromatic rings. The molecule has 0 radical (unpaired) electrons. The van der Waals surface area contributed by atoms with Crippen molar-refractivity contribution in [2.24, 2.45) is 7.05 Å². The molecule has 1 aromatic heterocycles. The SMILES string of the molecule is CC(=O)N1c2ccccc2N(S(=O)(=O)c2ccn(C)n2)C[C@@H]1C. The van der Waals surface area contributed by atoms with Crippen molar-refractivity contribution in [1.82, 2.24) is 9.78 Å². The van der Waals surface area contributed by atoms with E-state index in [2.05, 4.69) is 5.10 Å². The Morgan fingerprint density at radius 1 is 1.22 bits per heavy atom. The predicted molar refractivity (Wildman–Crippen MR) is 86.8 cm³/mol. The first-order valence-electron chi connectivity index (χ1n) is 7.23. The summed E-state index contributed by atoms with van der Waals surface area (Å²) in [6, 6.07) is 8.22. The molecule has 2 heterocycles. The fourth-order valence-corrected chi connectivity index (χ4v) is 4.40. The minimum atomic E-state index is -3.77. The van der Waals surface area contributed by atoms with Crippen molar-refractivity contribution in [2.75, 3.05) is 15.7 Å². The maximum absolute atomic E-state index is 12.9. The van der Waals surface area contributed by atoms with Gasteiger partial charge in [-0.15, -0.1) is 0 Å². The van der Waals surface area contributed by atoms with Gasteiger partial charge in [0.05, 0.1) is 24.0 Å². The summed E-state index contributed by atoms with van der Waals surface area (Å²) in [6.45, 7) is 3.50. The van der Waals surface area contributed by atoms with Crippen LogP contribution in [0.3, 0.4) is 0 Å². The minimum absolute atomic E-state index is 0.00159. The Morgan fingerprint density at radius 2 is 1.87 bits per heavy atom. The zero-order chi connectivity index (χ0) is 16.8. The molecule has 1 aliphatic heterocycles. The Balaban J connectivity index is 2.14. The van der Waals surface area contributed by atoms with Crippen LogP contribution in [-0.4, -0.2) is 36.7 Å². The molecule has 0 fully saturated rings. The third-order valence-electron chi connectivity index (χ3n) is 3.86. The summed E-state index contributed by atoms with van der Waals surface area (Å²) >= 11 is 0. The molecule has 0 aliphatic carbocycles. The summed E-state index contributed by atoms with van der Waals surface area (Å²) in [5.41, 5.74) is 1.09. The second-order valence-electron chi connectivity index (χ2n) is 5.59. The van der Waals surface area contributed by atoms with Crippen LogP contribution in [0.15, 0.2) is 41.6 Å². The number of carbonyl (C=O) groups excluding carboxylic acids is 1. The van der Waals surface area contributed by atoms with Crippen LogP contribution >= 0.6 is 0 Å². The minimum Gasteiger partial charge on any atom is -0.306 e.